The summed E-state index contributed by atoms with van der Waals surface area (Å²) in [5.74, 6) is -1.17. The maximum absolute atomic E-state index is 11.8. The fourth-order valence-corrected chi connectivity index (χ4v) is 1.30. The lowest BCUT2D eigenvalue weighted by Gasteiger charge is -2.19. The van der Waals surface area contributed by atoms with Crippen LogP contribution in [0.5, 0.6) is 0 Å². The molecular formula is C13H17NO3. The highest BCUT2D eigenvalue weighted by molar-refractivity contribution is 5.95. The normalized spacial score (nSPS) is 11.0. The molecule has 0 aliphatic rings. The predicted octanol–water partition coefficient (Wildman–Crippen LogP) is 1.84. The van der Waals surface area contributed by atoms with Gasteiger partial charge in [-0.15, -0.1) is 0 Å². The number of carboxylic acids is 1. The van der Waals surface area contributed by atoms with E-state index in [1.54, 1.807) is 26.0 Å². The van der Waals surface area contributed by atoms with E-state index in [1.807, 2.05) is 19.1 Å². The minimum absolute atomic E-state index is 0.107. The molecule has 0 heterocycles. The van der Waals surface area contributed by atoms with E-state index in [1.165, 1.54) is 0 Å². The minimum Gasteiger partial charge on any atom is -0.481 e. The third-order valence-electron chi connectivity index (χ3n) is 2.66. The van der Waals surface area contributed by atoms with Crippen LogP contribution in [0.3, 0.4) is 0 Å². The van der Waals surface area contributed by atoms with Crippen LogP contribution in [0.25, 0.3) is 0 Å². The second-order valence-electron chi connectivity index (χ2n) is 4.69. The van der Waals surface area contributed by atoms with Crippen LogP contribution in [0.2, 0.25) is 0 Å². The Labute approximate surface area is 101 Å². The van der Waals surface area contributed by atoms with Crippen molar-refractivity contribution in [2.75, 3.05) is 6.54 Å². The first-order valence-corrected chi connectivity index (χ1v) is 5.42. The summed E-state index contributed by atoms with van der Waals surface area (Å²) >= 11 is 0. The van der Waals surface area contributed by atoms with E-state index in [0.29, 0.717) is 5.56 Å². The van der Waals surface area contributed by atoms with Crippen LogP contribution in [-0.2, 0) is 4.79 Å². The van der Waals surface area contributed by atoms with Gasteiger partial charge >= 0.3 is 5.97 Å². The Morgan fingerprint density at radius 1 is 1.29 bits per heavy atom. The van der Waals surface area contributed by atoms with Gasteiger partial charge in [-0.1, -0.05) is 18.2 Å². The Hall–Kier alpha value is -1.84. The Morgan fingerprint density at radius 2 is 1.88 bits per heavy atom. The van der Waals surface area contributed by atoms with E-state index in [0.717, 1.165) is 5.56 Å². The lowest BCUT2D eigenvalue weighted by Crippen LogP contribution is -2.39. The Morgan fingerprint density at radius 3 is 2.41 bits per heavy atom. The van der Waals surface area contributed by atoms with E-state index < -0.39 is 11.4 Å². The molecule has 0 fully saturated rings. The molecule has 2 N–H and O–H groups in total. The number of hydrogen-bond donors (Lipinski definition) is 2. The topological polar surface area (TPSA) is 66.4 Å². The number of hydrogen-bond acceptors (Lipinski definition) is 2. The van der Waals surface area contributed by atoms with Crippen molar-refractivity contribution < 1.29 is 14.7 Å². The third kappa shape index (κ3) is 3.31. The van der Waals surface area contributed by atoms with E-state index in [4.69, 9.17) is 5.11 Å². The molecule has 1 amide bonds. The summed E-state index contributed by atoms with van der Waals surface area (Å²) in [4.78, 5) is 22.7. The van der Waals surface area contributed by atoms with Crippen molar-refractivity contribution in [1.82, 2.24) is 5.32 Å². The number of aliphatic carboxylic acids is 1. The van der Waals surface area contributed by atoms with Crippen molar-refractivity contribution in [3.05, 3.63) is 35.4 Å². The van der Waals surface area contributed by atoms with Gasteiger partial charge in [-0.25, -0.2) is 0 Å². The van der Waals surface area contributed by atoms with Crippen molar-refractivity contribution in [3.8, 4) is 0 Å². The van der Waals surface area contributed by atoms with Gasteiger partial charge in [0, 0.05) is 12.1 Å². The molecule has 0 spiro atoms. The van der Waals surface area contributed by atoms with Crippen molar-refractivity contribution in [2.45, 2.75) is 20.8 Å². The molecule has 1 rings (SSSR count). The molecule has 0 aliphatic heterocycles. The zero-order valence-corrected chi connectivity index (χ0v) is 10.3. The number of benzene rings is 1. The summed E-state index contributed by atoms with van der Waals surface area (Å²) in [6, 6.07) is 7.20. The van der Waals surface area contributed by atoms with Crippen molar-refractivity contribution in [1.29, 1.82) is 0 Å². The molecule has 0 radical (unpaired) electrons. The van der Waals surface area contributed by atoms with Crippen LogP contribution >= 0.6 is 0 Å². The van der Waals surface area contributed by atoms with Crippen LogP contribution in [0, 0.1) is 12.3 Å². The molecule has 1 aromatic rings. The first-order valence-electron chi connectivity index (χ1n) is 5.42. The highest BCUT2D eigenvalue weighted by atomic mass is 16.4. The summed E-state index contributed by atoms with van der Waals surface area (Å²) < 4.78 is 0. The number of carbonyl (C=O) groups is 2. The molecule has 0 atom stereocenters. The Balaban J connectivity index is 2.69. The highest BCUT2D eigenvalue weighted by Crippen LogP contribution is 2.14. The van der Waals surface area contributed by atoms with Gasteiger partial charge in [0.15, 0.2) is 0 Å². The predicted molar refractivity (Wildman–Crippen MR) is 64.9 cm³/mol. The number of rotatable bonds is 4. The summed E-state index contributed by atoms with van der Waals surface area (Å²) in [6.07, 6.45) is 0. The van der Waals surface area contributed by atoms with Gasteiger partial charge in [-0.3, -0.25) is 9.59 Å². The van der Waals surface area contributed by atoms with E-state index in [9.17, 15) is 9.59 Å². The van der Waals surface area contributed by atoms with Gasteiger partial charge in [-0.05, 0) is 32.4 Å². The van der Waals surface area contributed by atoms with Gasteiger partial charge in [0.25, 0.3) is 5.91 Å². The molecule has 0 aliphatic carbocycles. The summed E-state index contributed by atoms with van der Waals surface area (Å²) in [5, 5.41) is 11.6. The van der Waals surface area contributed by atoms with E-state index in [-0.39, 0.29) is 12.5 Å². The van der Waals surface area contributed by atoms with Crippen molar-refractivity contribution in [2.24, 2.45) is 5.41 Å². The second-order valence-corrected chi connectivity index (χ2v) is 4.69. The quantitative estimate of drug-likeness (QED) is 0.836. The number of aryl methyl sites for hydroxylation is 1. The van der Waals surface area contributed by atoms with E-state index >= 15 is 0 Å². The van der Waals surface area contributed by atoms with Crippen molar-refractivity contribution in [3.63, 3.8) is 0 Å². The molecule has 17 heavy (non-hydrogen) atoms. The van der Waals surface area contributed by atoms with Gasteiger partial charge in [0.1, 0.15) is 0 Å². The number of nitrogens with one attached hydrogen (secondary N) is 1. The zero-order valence-electron chi connectivity index (χ0n) is 10.3. The minimum atomic E-state index is -0.960. The number of carboxylic acid groups (broad SMARTS) is 1. The van der Waals surface area contributed by atoms with Gasteiger partial charge in [0.2, 0.25) is 0 Å². The smallest absolute Gasteiger partial charge is 0.310 e. The number of amides is 1. The Bertz CT molecular complexity index is 438. The molecular weight excluding hydrogens is 218 g/mol. The fourth-order valence-electron chi connectivity index (χ4n) is 1.30. The van der Waals surface area contributed by atoms with Gasteiger partial charge < -0.3 is 10.4 Å². The van der Waals surface area contributed by atoms with Crippen molar-refractivity contribution >= 4 is 11.9 Å². The molecule has 92 valence electrons. The Kier molecular flexibility index (Phi) is 3.89. The monoisotopic (exact) mass is 235 g/mol. The van der Waals surface area contributed by atoms with Crippen LogP contribution in [0.1, 0.15) is 29.8 Å². The summed E-state index contributed by atoms with van der Waals surface area (Å²) in [6.45, 7) is 5.10. The SMILES string of the molecule is Cc1ccccc1C(=O)NCC(C)(C)C(=O)O. The third-order valence-corrected chi connectivity index (χ3v) is 2.66. The van der Waals surface area contributed by atoms with Crippen LogP contribution in [0.4, 0.5) is 0 Å². The molecule has 0 unspecified atom stereocenters. The molecule has 4 heteroatoms. The highest BCUT2D eigenvalue weighted by Gasteiger charge is 2.27. The molecule has 1 aromatic carbocycles. The molecule has 0 aromatic heterocycles. The average Bonchev–Trinajstić information content (AvgIpc) is 2.26. The molecule has 0 bridgehead atoms. The average molecular weight is 235 g/mol. The first-order chi connectivity index (χ1) is 7.84. The standard InChI is InChI=1S/C13H17NO3/c1-9-6-4-5-7-10(9)11(15)14-8-13(2,3)12(16)17/h4-7H,8H2,1-3H3,(H,14,15)(H,16,17). The van der Waals surface area contributed by atoms with Gasteiger partial charge in [0.05, 0.1) is 5.41 Å². The van der Waals surface area contributed by atoms with Crippen LogP contribution < -0.4 is 5.32 Å². The molecule has 0 saturated carbocycles. The summed E-state index contributed by atoms with van der Waals surface area (Å²) in [5.41, 5.74) is 0.491. The molecule has 4 nitrogen and oxygen atoms in total. The lowest BCUT2D eigenvalue weighted by atomic mass is 9.93. The maximum Gasteiger partial charge on any atom is 0.310 e. The summed E-state index contributed by atoms with van der Waals surface area (Å²) in [7, 11) is 0. The van der Waals surface area contributed by atoms with E-state index in [2.05, 4.69) is 5.32 Å². The van der Waals surface area contributed by atoms with Crippen LogP contribution in [0.15, 0.2) is 24.3 Å². The lowest BCUT2D eigenvalue weighted by molar-refractivity contribution is -0.146. The largest absolute Gasteiger partial charge is 0.481 e. The maximum atomic E-state index is 11.8. The number of carbonyl (C=O) groups excluding carboxylic acids is 1. The van der Waals surface area contributed by atoms with Gasteiger partial charge in [-0.2, -0.15) is 0 Å². The first kappa shape index (κ1) is 13.2. The second kappa shape index (κ2) is 4.99. The molecule has 0 saturated heterocycles. The van der Waals surface area contributed by atoms with Crippen LogP contribution in [-0.4, -0.2) is 23.5 Å². The fraction of sp³-hybridized carbons (Fsp3) is 0.385. The zero-order chi connectivity index (χ0) is 13.1.